The Morgan fingerprint density at radius 3 is 2.41 bits per heavy atom. The number of nitrogen functional groups attached to an aromatic ring is 1. The number of anilines is 2. The van der Waals surface area contributed by atoms with Crippen molar-refractivity contribution in [2.45, 2.75) is 19.3 Å². The summed E-state index contributed by atoms with van der Waals surface area (Å²) in [6.07, 6.45) is -1.13. The van der Waals surface area contributed by atoms with Crippen molar-refractivity contribution in [2.24, 2.45) is 0 Å². The number of pyridine rings is 1. The second-order valence-electron chi connectivity index (χ2n) is 8.08. The van der Waals surface area contributed by atoms with Crippen LogP contribution in [0.1, 0.15) is 27.0 Å². The lowest BCUT2D eigenvalue weighted by Crippen LogP contribution is -2.28. The average Bonchev–Trinajstić information content (AvgIpc) is 3.24. The smallest absolute Gasteiger partial charge is 0.416 e. The van der Waals surface area contributed by atoms with Gasteiger partial charge in [0, 0.05) is 24.5 Å². The van der Waals surface area contributed by atoms with Crippen LogP contribution in [0.2, 0.25) is 0 Å². The number of hydrogen-bond donors (Lipinski definition) is 3. The van der Waals surface area contributed by atoms with Gasteiger partial charge in [0.05, 0.1) is 29.7 Å². The van der Waals surface area contributed by atoms with E-state index < -0.39 is 23.7 Å². The van der Waals surface area contributed by atoms with E-state index in [4.69, 9.17) is 5.73 Å². The van der Waals surface area contributed by atoms with E-state index in [1.807, 2.05) is 0 Å². The molecule has 0 bridgehead atoms. The number of hydrogen-bond acceptors (Lipinski definition) is 5. The minimum atomic E-state index is -4.52. The van der Waals surface area contributed by atoms with Crippen molar-refractivity contribution in [3.05, 3.63) is 102 Å². The molecule has 0 radical (unpaired) electrons. The van der Waals surface area contributed by atoms with E-state index in [2.05, 4.69) is 15.4 Å². The van der Waals surface area contributed by atoms with Gasteiger partial charge in [-0.2, -0.15) is 13.2 Å². The van der Waals surface area contributed by atoms with Crippen LogP contribution < -0.4 is 11.1 Å². The van der Waals surface area contributed by atoms with E-state index >= 15 is 0 Å². The highest BCUT2D eigenvalue weighted by molar-refractivity contribution is 6.05. The molecule has 0 aliphatic carbocycles. The van der Waals surface area contributed by atoms with Crippen LogP contribution in [-0.4, -0.2) is 36.8 Å². The molecule has 4 rings (SSSR count). The maximum absolute atomic E-state index is 13.0. The van der Waals surface area contributed by atoms with Crippen molar-refractivity contribution in [3.8, 4) is 5.69 Å². The minimum Gasteiger partial charge on any atom is -0.465 e. The van der Waals surface area contributed by atoms with Crippen molar-refractivity contribution in [3.63, 3.8) is 0 Å². The third kappa shape index (κ3) is 6.23. The number of aromatic nitrogens is 3. The summed E-state index contributed by atoms with van der Waals surface area (Å²) in [6.45, 7) is 0.250. The Hall–Kier alpha value is -4.87. The van der Waals surface area contributed by atoms with Gasteiger partial charge in [-0.05, 0) is 47.5 Å². The second-order valence-corrected chi connectivity index (χ2v) is 8.08. The molecule has 2 aromatic heterocycles. The fourth-order valence-corrected chi connectivity index (χ4v) is 3.51. The molecule has 2 amide bonds. The van der Waals surface area contributed by atoms with E-state index in [-0.39, 0.29) is 35.8 Å². The molecule has 0 atom stereocenters. The highest BCUT2D eigenvalue weighted by Gasteiger charge is 2.30. The molecular formula is C25H21F3N6O3. The van der Waals surface area contributed by atoms with Crippen molar-refractivity contribution in [2.75, 3.05) is 11.1 Å². The lowest BCUT2D eigenvalue weighted by Gasteiger charge is -2.19. The first kappa shape index (κ1) is 25.2. The first-order chi connectivity index (χ1) is 17.6. The Kier molecular flexibility index (Phi) is 7.09. The zero-order valence-corrected chi connectivity index (χ0v) is 19.2. The molecule has 0 saturated heterocycles. The number of nitrogens with one attached hydrogen (secondary N) is 1. The predicted octanol–water partition coefficient (Wildman–Crippen LogP) is 4.80. The number of carboxylic acid groups (broad SMARTS) is 1. The summed E-state index contributed by atoms with van der Waals surface area (Å²) in [7, 11) is 0. The molecule has 0 spiro atoms. The maximum atomic E-state index is 13.0. The van der Waals surface area contributed by atoms with Gasteiger partial charge in [-0.1, -0.05) is 24.3 Å². The van der Waals surface area contributed by atoms with Crippen LogP contribution in [0.4, 0.5) is 29.5 Å². The molecule has 0 fully saturated rings. The number of benzene rings is 2. The van der Waals surface area contributed by atoms with Crippen LogP contribution >= 0.6 is 0 Å². The number of nitrogens with zero attached hydrogens (tertiary/aromatic N) is 4. The Bertz CT molecular complexity index is 1410. The standard InChI is InChI=1S/C25H21F3N6O3/c26-25(27,28)19-4-1-5-20(11-19)34-15-21(29)22(32-34)31-23(35)18-8-6-16(7-9-18)13-33(24(36)37)14-17-3-2-10-30-12-17/h1-12,15H,13-14,29H2,(H,36,37)(H,31,32,35). The number of alkyl halides is 3. The summed E-state index contributed by atoms with van der Waals surface area (Å²) >= 11 is 0. The van der Waals surface area contributed by atoms with Crippen LogP contribution in [0, 0.1) is 0 Å². The first-order valence-electron chi connectivity index (χ1n) is 10.9. The maximum Gasteiger partial charge on any atom is 0.416 e. The van der Waals surface area contributed by atoms with Crippen molar-refractivity contribution >= 4 is 23.5 Å². The van der Waals surface area contributed by atoms with Crippen LogP contribution in [0.3, 0.4) is 0 Å². The van der Waals surface area contributed by atoms with Gasteiger partial charge in [-0.15, -0.1) is 5.10 Å². The fraction of sp³-hybridized carbons (Fsp3) is 0.120. The molecule has 2 heterocycles. The first-order valence-corrected chi connectivity index (χ1v) is 10.9. The van der Waals surface area contributed by atoms with Crippen LogP contribution in [0.25, 0.3) is 5.69 Å². The van der Waals surface area contributed by atoms with E-state index in [0.29, 0.717) is 5.56 Å². The lowest BCUT2D eigenvalue weighted by atomic mass is 10.1. The molecule has 190 valence electrons. The van der Waals surface area contributed by atoms with Gasteiger partial charge in [0.2, 0.25) is 0 Å². The van der Waals surface area contributed by atoms with Gasteiger partial charge in [0.1, 0.15) is 0 Å². The molecule has 0 saturated carbocycles. The van der Waals surface area contributed by atoms with E-state index in [1.165, 1.54) is 35.4 Å². The van der Waals surface area contributed by atoms with Crippen LogP contribution in [-0.2, 0) is 19.3 Å². The molecule has 37 heavy (non-hydrogen) atoms. The molecule has 0 aliphatic heterocycles. The summed E-state index contributed by atoms with van der Waals surface area (Å²) in [6, 6.07) is 14.3. The highest BCUT2D eigenvalue weighted by atomic mass is 19.4. The number of halogens is 3. The predicted molar refractivity (Wildman–Crippen MR) is 129 cm³/mol. The molecule has 4 aromatic rings. The van der Waals surface area contributed by atoms with Crippen molar-refractivity contribution in [1.82, 2.24) is 19.7 Å². The Balaban J connectivity index is 1.44. The zero-order chi connectivity index (χ0) is 26.6. The zero-order valence-electron chi connectivity index (χ0n) is 19.2. The van der Waals surface area contributed by atoms with Gasteiger partial charge in [-0.25, -0.2) is 9.48 Å². The summed E-state index contributed by atoms with van der Waals surface area (Å²) in [4.78, 5) is 29.6. The van der Waals surface area contributed by atoms with Crippen LogP contribution in [0.15, 0.2) is 79.3 Å². The summed E-state index contributed by atoms with van der Waals surface area (Å²) in [5.74, 6) is -0.557. The number of carbonyl (C=O) groups excluding carboxylic acids is 1. The Morgan fingerprint density at radius 1 is 1.03 bits per heavy atom. The van der Waals surface area contributed by atoms with Gasteiger partial charge in [-0.3, -0.25) is 14.7 Å². The number of rotatable bonds is 7. The minimum absolute atomic E-state index is 0.0139. The molecular weight excluding hydrogens is 489 g/mol. The number of amides is 2. The molecule has 12 heteroatoms. The molecule has 9 nitrogen and oxygen atoms in total. The van der Waals surface area contributed by atoms with E-state index in [1.54, 1.807) is 36.7 Å². The topological polar surface area (TPSA) is 126 Å². The van der Waals surface area contributed by atoms with Crippen molar-refractivity contribution in [1.29, 1.82) is 0 Å². The lowest BCUT2D eigenvalue weighted by molar-refractivity contribution is -0.137. The summed E-state index contributed by atoms with van der Waals surface area (Å²) in [5, 5.41) is 16.2. The second kappa shape index (κ2) is 10.4. The third-order valence-corrected chi connectivity index (χ3v) is 5.37. The summed E-state index contributed by atoms with van der Waals surface area (Å²) < 4.78 is 40.2. The summed E-state index contributed by atoms with van der Waals surface area (Å²) in [5.41, 5.74) is 6.92. The van der Waals surface area contributed by atoms with E-state index in [0.717, 1.165) is 22.4 Å². The quantitative estimate of drug-likeness (QED) is 0.328. The number of nitrogens with two attached hydrogens (primary N) is 1. The SMILES string of the molecule is Nc1cn(-c2cccc(C(F)(F)F)c2)nc1NC(=O)c1ccc(CN(Cc2cccnc2)C(=O)O)cc1. The van der Waals surface area contributed by atoms with Crippen LogP contribution in [0.5, 0.6) is 0 Å². The van der Waals surface area contributed by atoms with E-state index in [9.17, 15) is 27.9 Å². The molecule has 2 aromatic carbocycles. The normalized spacial score (nSPS) is 11.2. The number of carbonyl (C=O) groups is 2. The largest absolute Gasteiger partial charge is 0.465 e. The monoisotopic (exact) mass is 510 g/mol. The molecule has 0 unspecified atom stereocenters. The highest BCUT2D eigenvalue weighted by Crippen LogP contribution is 2.30. The van der Waals surface area contributed by atoms with Gasteiger partial charge < -0.3 is 16.2 Å². The third-order valence-electron chi connectivity index (χ3n) is 5.37. The fourth-order valence-electron chi connectivity index (χ4n) is 3.51. The van der Waals surface area contributed by atoms with Crippen molar-refractivity contribution < 1.29 is 27.9 Å². The average molecular weight is 510 g/mol. The van der Waals surface area contributed by atoms with Gasteiger partial charge in [0.15, 0.2) is 5.82 Å². The Morgan fingerprint density at radius 2 is 1.76 bits per heavy atom. The van der Waals surface area contributed by atoms with Gasteiger partial charge in [0.25, 0.3) is 5.91 Å². The van der Waals surface area contributed by atoms with Gasteiger partial charge >= 0.3 is 12.3 Å². The molecule has 4 N–H and O–H groups in total. The molecule has 0 aliphatic rings. The Labute approximate surface area is 209 Å².